The number of nitrogens with zero attached hydrogens (tertiary/aromatic N) is 1. The van der Waals surface area contributed by atoms with Crippen LogP contribution < -0.4 is 5.32 Å². The van der Waals surface area contributed by atoms with E-state index in [2.05, 4.69) is 40.6 Å². The van der Waals surface area contributed by atoms with E-state index in [-0.39, 0.29) is 5.91 Å². The third kappa shape index (κ3) is 2.85. The van der Waals surface area contributed by atoms with Gasteiger partial charge in [0.25, 0.3) is 0 Å². The average Bonchev–Trinajstić information content (AvgIpc) is 2.91. The van der Waals surface area contributed by atoms with Crippen molar-refractivity contribution in [2.24, 2.45) is 0 Å². The van der Waals surface area contributed by atoms with Crippen LogP contribution in [-0.2, 0) is 4.79 Å². The minimum atomic E-state index is 0.0462. The summed E-state index contributed by atoms with van der Waals surface area (Å²) in [6.45, 7) is 3.94. The van der Waals surface area contributed by atoms with Crippen LogP contribution in [0.5, 0.6) is 0 Å². The molecule has 0 spiro atoms. The molecule has 1 aliphatic heterocycles. The van der Waals surface area contributed by atoms with Gasteiger partial charge < -0.3 is 15.2 Å². The number of benzene rings is 1. The minimum absolute atomic E-state index is 0.0462. The fourth-order valence-corrected chi connectivity index (χ4v) is 2.73. The molecule has 0 fully saturated rings. The van der Waals surface area contributed by atoms with Gasteiger partial charge in [-0.05, 0) is 37.2 Å². The smallest absolute Gasteiger partial charge is 0.224 e. The molecule has 0 unspecified atom stereocenters. The minimum Gasteiger partial charge on any atom is -0.361 e. The zero-order chi connectivity index (χ0) is 14.8. The number of aromatic nitrogens is 1. The van der Waals surface area contributed by atoms with E-state index in [4.69, 9.17) is 0 Å². The number of carbonyl (C=O) groups excluding carboxylic acids is 1. The van der Waals surface area contributed by atoms with E-state index >= 15 is 0 Å². The molecule has 0 atom stereocenters. The summed E-state index contributed by atoms with van der Waals surface area (Å²) in [5.41, 5.74) is 4.62. The third-order valence-corrected chi connectivity index (χ3v) is 4.04. The van der Waals surface area contributed by atoms with E-state index in [0.717, 1.165) is 30.7 Å². The SMILES string of the molecule is CCC(=O)Nc1ccc2[nH]cc(C3=CCN(C)CC3)c2c1. The molecular formula is C17H21N3O. The van der Waals surface area contributed by atoms with Crippen LogP contribution in [0.2, 0.25) is 0 Å². The third-order valence-electron chi connectivity index (χ3n) is 4.04. The van der Waals surface area contributed by atoms with Gasteiger partial charge in [-0.3, -0.25) is 4.79 Å². The van der Waals surface area contributed by atoms with Crippen LogP contribution in [0.25, 0.3) is 16.5 Å². The zero-order valence-electron chi connectivity index (χ0n) is 12.6. The Morgan fingerprint density at radius 3 is 3.00 bits per heavy atom. The monoisotopic (exact) mass is 283 g/mol. The molecule has 2 heterocycles. The summed E-state index contributed by atoms with van der Waals surface area (Å²) in [5, 5.41) is 4.11. The largest absolute Gasteiger partial charge is 0.361 e. The molecule has 1 aromatic heterocycles. The van der Waals surface area contributed by atoms with Crippen LogP contribution in [0.15, 0.2) is 30.5 Å². The maximum absolute atomic E-state index is 11.5. The van der Waals surface area contributed by atoms with E-state index in [1.54, 1.807) is 0 Å². The van der Waals surface area contributed by atoms with E-state index in [1.807, 2.05) is 19.1 Å². The molecule has 4 heteroatoms. The summed E-state index contributed by atoms with van der Waals surface area (Å²) < 4.78 is 0. The Morgan fingerprint density at radius 1 is 1.43 bits per heavy atom. The zero-order valence-corrected chi connectivity index (χ0v) is 12.6. The average molecular weight is 283 g/mol. The predicted octanol–water partition coefficient (Wildman–Crippen LogP) is 3.24. The highest BCUT2D eigenvalue weighted by molar-refractivity contribution is 5.98. The molecule has 4 nitrogen and oxygen atoms in total. The van der Waals surface area contributed by atoms with Gasteiger partial charge in [-0.15, -0.1) is 0 Å². The number of aromatic amines is 1. The van der Waals surface area contributed by atoms with E-state index in [0.29, 0.717) is 6.42 Å². The second-order valence-electron chi connectivity index (χ2n) is 5.61. The maximum atomic E-state index is 11.5. The Morgan fingerprint density at radius 2 is 2.29 bits per heavy atom. The summed E-state index contributed by atoms with van der Waals surface area (Å²) in [4.78, 5) is 17.2. The van der Waals surface area contributed by atoms with Crippen LogP contribution in [0.1, 0.15) is 25.3 Å². The molecule has 0 bridgehead atoms. The van der Waals surface area contributed by atoms with Gasteiger partial charge in [0, 0.05) is 47.9 Å². The van der Waals surface area contributed by atoms with E-state index in [9.17, 15) is 4.79 Å². The fraction of sp³-hybridized carbons (Fsp3) is 0.353. The second kappa shape index (κ2) is 5.74. The molecule has 1 aliphatic rings. The number of amides is 1. The van der Waals surface area contributed by atoms with Gasteiger partial charge in [0.1, 0.15) is 0 Å². The quantitative estimate of drug-likeness (QED) is 0.908. The molecule has 110 valence electrons. The first kappa shape index (κ1) is 13.9. The van der Waals surface area contributed by atoms with Crippen LogP contribution in [-0.4, -0.2) is 35.9 Å². The molecule has 2 N–H and O–H groups in total. The number of carbonyl (C=O) groups is 1. The van der Waals surface area contributed by atoms with Crippen molar-refractivity contribution in [2.75, 3.05) is 25.5 Å². The lowest BCUT2D eigenvalue weighted by Gasteiger charge is -2.21. The summed E-state index contributed by atoms with van der Waals surface area (Å²) in [7, 11) is 2.14. The van der Waals surface area contributed by atoms with Crippen molar-refractivity contribution in [3.05, 3.63) is 36.0 Å². The summed E-state index contributed by atoms with van der Waals surface area (Å²) in [6, 6.07) is 6.03. The first-order valence-corrected chi connectivity index (χ1v) is 7.46. The van der Waals surface area contributed by atoms with Crippen molar-refractivity contribution in [3.63, 3.8) is 0 Å². The molecule has 3 rings (SSSR count). The lowest BCUT2D eigenvalue weighted by Crippen LogP contribution is -2.23. The number of hydrogen-bond donors (Lipinski definition) is 2. The predicted molar refractivity (Wildman–Crippen MR) is 87.3 cm³/mol. The molecular weight excluding hydrogens is 262 g/mol. The van der Waals surface area contributed by atoms with Crippen molar-refractivity contribution < 1.29 is 4.79 Å². The molecule has 21 heavy (non-hydrogen) atoms. The number of likely N-dealkylation sites (N-methyl/N-ethyl adjacent to an activating group) is 1. The van der Waals surface area contributed by atoms with Crippen molar-refractivity contribution in [1.29, 1.82) is 0 Å². The van der Waals surface area contributed by atoms with Gasteiger partial charge in [0.05, 0.1) is 0 Å². The van der Waals surface area contributed by atoms with Crippen molar-refractivity contribution >= 4 is 28.1 Å². The van der Waals surface area contributed by atoms with Crippen molar-refractivity contribution in [3.8, 4) is 0 Å². The van der Waals surface area contributed by atoms with Gasteiger partial charge in [-0.25, -0.2) is 0 Å². The molecule has 0 aliphatic carbocycles. The van der Waals surface area contributed by atoms with Crippen molar-refractivity contribution in [2.45, 2.75) is 19.8 Å². The summed E-state index contributed by atoms with van der Waals surface area (Å²) in [6.07, 6.45) is 5.93. The topological polar surface area (TPSA) is 48.1 Å². The van der Waals surface area contributed by atoms with Crippen LogP contribution in [0.3, 0.4) is 0 Å². The highest BCUT2D eigenvalue weighted by Gasteiger charge is 2.14. The summed E-state index contributed by atoms with van der Waals surface area (Å²) in [5.74, 6) is 0.0462. The van der Waals surface area contributed by atoms with Gasteiger partial charge in [-0.1, -0.05) is 13.0 Å². The number of anilines is 1. The molecule has 0 radical (unpaired) electrons. The Balaban J connectivity index is 1.96. The highest BCUT2D eigenvalue weighted by Crippen LogP contribution is 2.30. The van der Waals surface area contributed by atoms with Crippen LogP contribution in [0.4, 0.5) is 5.69 Å². The standard InChI is InChI=1S/C17H21N3O/c1-3-17(21)19-13-4-5-16-14(10-13)15(11-18-16)12-6-8-20(2)9-7-12/h4-6,10-11,18H,3,7-9H2,1-2H3,(H,19,21). The molecule has 1 aromatic carbocycles. The second-order valence-corrected chi connectivity index (χ2v) is 5.61. The number of rotatable bonds is 3. The van der Waals surface area contributed by atoms with Gasteiger partial charge >= 0.3 is 0 Å². The fourth-order valence-electron chi connectivity index (χ4n) is 2.73. The molecule has 1 amide bonds. The summed E-state index contributed by atoms with van der Waals surface area (Å²) >= 11 is 0. The Hall–Kier alpha value is -2.07. The van der Waals surface area contributed by atoms with Gasteiger partial charge in [-0.2, -0.15) is 0 Å². The normalized spacial score (nSPS) is 16.0. The van der Waals surface area contributed by atoms with Crippen LogP contribution >= 0.6 is 0 Å². The van der Waals surface area contributed by atoms with E-state index in [1.165, 1.54) is 16.5 Å². The van der Waals surface area contributed by atoms with Crippen molar-refractivity contribution in [1.82, 2.24) is 9.88 Å². The van der Waals surface area contributed by atoms with Crippen LogP contribution in [0, 0.1) is 0 Å². The Labute approximate surface area is 124 Å². The lowest BCUT2D eigenvalue weighted by atomic mass is 9.99. The maximum Gasteiger partial charge on any atom is 0.224 e. The molecule has 0 saturated carbocycles. The molecule has 2 aromatic rings. The van der Waals surface area contributed by atoms with Gasteiger partial charge in [0.15, 0.2) is 0 Å². The van der Waals surface area contributed by atoms with Gasteiger partial charge in [0.2, 0.25) is 5.91 Å². The number of nitrogens with one attached hydrogen (secondary N) is 2. The number of fused-ring (bicyclic) bond motifs is 1. The first-order valence-electron chi connectivity index (χ1n) is 7.46. The molecule has 0 saturated heterocycles. The lowest BCUT2D eigenvalue weighted by molar-refractivity contribution is -0.115. The van der Waals surface area contributed by atoms with E-state index < -0.39 is 0 Å². The number of hydrogen-bond acceptors (Lipinski definition) is 2. The number of H-pyrrole nitrogens is 1. The first-order chi connectivity index (χ1) is 10.2. The highest BCUT2D eigenvalue weighted by atomic mass is 16.1. The Bertz CT molecular complexity index is 699. The Kier molecular flexibility index (Phi) is 3.80.